The number of hydrogen-bond acceptors (Lipinski definition) is 7. The van der Waals surface area contributed by atoms with Gasteiger partial charge in [-0.2, -0.15) is 0 Å². The Labute approximate surface area is 158 Å². The van der Waals surface area contributed by atoms with Gasteiger partial charge in [-0.25, -0.2) is 4.79 Å². The molecule has 9 heteroatoms. The summed E-state index contributed by atoms with van der Waals surface area (Å²) in [4.78, 5) is 23.1. The number of ether oxygens (including phenoxy) is 2. The van der Waals surface area contributed by atoms with Crippen LogP contribution in [0.3, 0.4) is 0 Å². The summed E-state index contributed by atoms with van der Waals surface area (Å²) < 4.78 is 27.2. The fourth-order valence-electron chi connectivity index (χ4n) is 2.13. The van der Waals surface area contributed by atoms with Gasteiger partial charge in [-0.1, -0.05) is 13.8 Å². The molecule has 0 aromatic carbocycles. The number of carbonyl (C=O) groups excluding carboxylic acids is 2. The Morgan fingerprint density at radius 2 is 1.46 bits per heavy atom. The molecule has 1 atom stereocenters. The van der Waals surface area contributed by atoms with E-state index >= 15 is 0 Å². The molecule has 0 aromatic rings. The zero-order valence-electron chi connectivity index (χ0n) is 16.8. The van der Waals surface area contributed by atoms with Gasteiger partial charge in [-0.05, 0) is 33.6 Å². The molecule has 8 nitrogen and oxygen atoms in total. The largest absolute Gasteiger partial charge is 0.500 e. The predicted octanol–water partition coefficient (Wildman–Crippen LogP) is 2.74. The molecule has 0 spiro atoms. The smallest absolute Gasteiger partial charge is 0.462 e. The summed E-state index contributed by atoms with van der Waals surface area (Å²) in [5.41, 5.74) is 0. The van der Waals surface area contributed by atoms with Gasteiger partial charge in [-0.15, -0.1) is 0 Å². The lowest BCUT2D eigenvalue weighted by molar-refractivity contribution is -0.149. The number of alkyl carbamates (subject to hydrolysis) is 1. The Hall–Kier alpha value is -1.16. The first-order valence-corrected chi connectivity index (χ1v) is 11.4. The number of amides is 1. The number of esters is 1. The van der Waals surface area contributed by atoms with Crippen molar-refractivity contribution in [2.24, 2.45) is 5.92 Å². The van der Waals surface area contributed by atoms with Crippen molar-refractivity contribution in [1.82, 2.24) is 5.32 Å². The number of hydrogen-bond donors (Lipinski definition) is 1. The summed E-state index contributed by atoms with van der Waals surface area (Å²) in [6.07, 6.45) is 0.835. The third-order valence-electron chi connectivity index (χ3n) is 3.60. The molecule has 0 fully saturated rings. The first-order valence-electron chi connectivity index (χ1n) is 9.43. The normalized spacial score (nSPS) is 12.5. The van der Waals surface area contributed by atoms with Gasteiger partial charge >= 0.3 is 20.9 Å². The lowest BCUT2D eigenvalue weighted by atomic mass is 10.1. The van der Waals surface area contributed by atoms with Gasteiger partial charge in [0.1, 0.15) is 13.2 Å². The third kappa shape index (κ3) is 10.7. The van der Waals surface area contributed by atoms with Crippen LogP contribution < -0.4 is 5.32 Å². The third-order valence-corrected chi connectivity index (χ3v) is 6.75. The molecular formula is C17H35NO7Si. The standard InChI is InChI=1S/C17H35NO7Si/c1-6-15(5)16(19)21-12-13-22-17(20)18-11-10-14-26(23-7-2,24-8-3)25-9-4/h15H,6-14H2,1-5H3,(H,18,20). The number of nitrogens with one attached hydrogen (secondary N) is 1. The fraction of sp³-hybridized carbons (Fsp3) is 0.882. The first-order chi connectivity index (χ1) is 12.4. The van der Waals surface area contributed by atoms with Crippen LogP contribution in [-0.4, -0.2) is 60.4 Å². The lowest BCUT2D eigenvalue weighted by Gasteiger charge is -2.28. The molecule has 1 amide bonds. The first kappa shape index (κ1) is 24.8. The maximum atomic E-state index is 11.6. The SMILES string of the molecule is CCO[Si](CCCNC(=O)OCCOC(=O)C(C)CC)(OCC)OCC. The van der Waals surface area contributed by atoms with Crippen molar-refractivity contribution in [3.8, 4) is 0 Å². The van der Waals surface area contributed by atoms with Crippen LogP contribution >= 0.6 is 0 Å². The van der Waals surface area contributed by atoms with Gasteiger partial charge in [0.15, 0.2) is 0 Å². The van der Waals surface area contributed by atoms with Crippen LogP contribution in [0.15, 0.2) is 0 Å². The van der Waals surface area contributed by atoms with Crippen molar-refractivity contribution in [2.75, 3.05) is 39.6 Å². The van der Waals surface area contributed by atoms with Gasteiger partial charge < -0.3 is 28.1 Å². The molecule has 0 rings (SSSR count). The van der Waals surface area contributed by atoms with E-state index in [-0.39, 0.29) is 25.1 Å². The molecule has 154 valence electrons. The molecule has 0 aromatic heterocycles. The second-order valence-electron chi connectivity index (χ2n) is 5.63. The van der Waals surface area contributed by atoms with Crippen LogP contribution in [0.2, 0.25) is 6.04 Å². The Bertz CT molecular complexity index is 378. The summed E-state index contributed by atoms with van der Waals surface area (Å²) in [5.74, 6) is -0.421. The van der Waals surface area contributed by atoms with Crippen molar-refractivity contribution in [3.05, 3.63) is 0 Å². The minimum Gasteiger partial charge on any atom is -0.462 e. The van der Waals surface area contributed by atoms with Gasteiger partial charge in [0.05, 0.1) is 5.92 Å². The highest BCUT2D eigenvalue weighted by molar-refractivity contribution is 6.60. The second kappa shape index (κ2) is 14.9. The van der Waals surface area contributed by atoms with Crippen molar-refractivity contribution in [2.45, 2.75) is 53.5 Å². The van der Waals surface area contributed by atoms with Crippen molar-refractivity contribution < 1.29 is 32.3 Å². The number of rotatable bonds is 15. The summed E-state index contributed by atoms with van der Waals surface area (Å²) in [5, 5.41) is 2.66. The molecular weight excluding hydrogens is 358 g/mol. The Morgan fingerprint density at radius 3 is 1.96 bits per heavy atom. The summed E-state index contributed by atoms with van der Waals surface area (Å²) in [6, 6.07) is 0.620. The van der Waals surface area contributed by atoms with E-state index in [1.54, 1.807) is 6.92 Å². The van der Waals surface area contributed by atoms with Crippen molar-refractivity contribution in [3.63, 3.8) is 0 Å². The molecule has 0 bridgehead atoms. The van der Waals surface area contributed by atoms with Gasteiger partial charge in [0, 0.05) is 32.4 Å². The zero-order valence-corrected chi connectivity index (χ0v) is 17.8. The predicted molar refractivity (Wildman–Crippen MR) is 99.8 cm³/mol. The molecule has 0 aliphatic rings. The maximum absolute atomic E-state index is 11.6. The van der Waals surface area contributed by atoms with E-state index in [0.717, 1.165) is 6.42 Å². The Balaban J connectivity index is 3.99. The van der Waals surface area contributed by atoms with Gasteiger partial charge in [0.25, 0.3) is 0 Å². The minimum atomic E-state index is -2.68. The van der Waals surface area contributed by atoms with Gasteiger partial charge in [-0.3, -0.25) is 4.79 Å². The van der Waals surface area contributed by atoms with Crippen LogP contribution in [0.1, 0.15) is 47.5 Å². The topological polar surface area (TPSA) is 92.3 Å². The second-order valence-corrected chi connectivity index (χ2v) is 8.36. The van der Waals surface area contributed by atoms with Gasteiger partial charge in [0.2, 0.25) is 0 Å². The maximum Gasteiger partial charge on any atom is 0.500 e. The molecule has 0 aliphatic heterocycles. The highest BCUT2D eigenvalue weighted by Gasteiger charge is 2.39. The quantitative estimate of drug-likeness (QED) is 0.260. The zero-order chi connectivity index (χ0) is 19.8. The van der Waals surface area contributed by atoms with Crippen LogP contribution in [0, 0.1) is 5.92 Å². The molecule has 0 saturated heterocycles. The Kier molecular flexibility index (Phi) is 14.3. The van der Waals surface area contributed by atoms with E-state index in [9.17, 15) is 9.59 Å². The highest BCUT2D eigenvalue weighted by Crippen LogP contribution is 2.17. The van der Waals surface area contributed by atoms with E-state index in [1.807, 2.05) is 27.7 Å². The molecule has 0 aliphatic carbocycles. The molecule has 0 radical (unpaired) electrons. The van der Waals surface area contributed by atoms with E-state index < -0.39 is 14.9 Å². The fourth-order valence-corrected chi connectivity index (χ4v) is 4.75. The van der Waals surface area contributed by atoms with Crippen molar-refractivity contribution in [1.29, 1.82) is 0 Å². The number of carbonyl (C=O) groups is 2. The molecule has 1 unspecified atom stereocenters. The molecule has 0 saturated carbocycles. The lowest BCUT2D eigenvalue weighted by Crippen LogP contribution is -2.46. The molecule has 0 heterocycles. The highest BCUT2D eigenvalue weighted by atomic mass is 28.4. The summed E-state index contributed by atoms with van der Waals surface area (Å²) in [6.45, 7) is 11.5. The van der Waals surface area contributed by atoms with E-state index in [2.05, 4.69) is 5.32 Å². The van der Waals surface area contributed by atoms with Crippen LogP contribution in [-0.2, 0) is 27.5 Å². The van der Waals surface area contributed by atoms with E-state index in [4.69, 9.17) is 22.8 Å². The minimum absolute atomic E-state index is 0.0313. The van der Waals surface area contributed by atoms with Crippen LogP contribution in [0.4, 0.5) is 4.79 Å². The molecule has 1 N–H and O–H groups in total. The average Bonchev–Trinajstić information content (AvgIpc) is 2.62. The average molecular weight is 394 g/mol. The monoisotopic (exact) mass is 393 g/mol. The van der Waals surface area contributed by atoms with E-state index in [0.29, 0.717) is 38.8 Å². The molecule has 26 heavy (non-hydrogen) atoms. The van der Waals surface area contributed by atoms with Crippen LogP contribution in [0.5, 0.6) is 0 Å². The van der Waals surface area contributed by atoms with E-state index in [1.165, 1.54) is 0 Å². The Morgan fingerprint density at radius 1 is 0.923 bits per heavy atom. The van der Waals surface area contributed by atoms with Crippen molar-refractivity contribution >= 4 is 20.9 Å². The summed E-state index contributed by atoms with van der Waals surface area (Å²) in [7, 11) is -2.68. The summed E-state index contributed by atoms with van der Waals surface area (Å²) >= 11 is 0. The van der Waals surface area contributed by atoms with Crippen LogP contribution in [0.25, 0.3) is 0 Å².